The molecule has 6 heteroatoms. The number of hydrogen-bond acceptors (Lipinski definition) is 4. The highest BCUT2D eigenvalue weighted by Crippen LogP contribution is 2.12. The average molecular weight is 293 g/mol. The van der Waals surface area contributed by atoms with Crippen molar-refractivity contribution < 1.29 is 8.42 Å². The van der Waals surface area contributed by atoms with E-state index in [4.69, 9.17) is 5.26 Å². The average Bonchev–Trinajstić information content (AvgIpc) is 2.93. The van der Waals surface area contributed by atoms with Crippen LogP contribution in [0.25, 0.3) is 0 Å². The van der Waals surface area contributed by atoms with Crippen LogP contribution in [0.3, 0.4) is 0 Å². The highest BCUT2D eigenvalue weighted by molar-refractivity contribution is 7.89. The number of hydrogen-bond donors (Lipinski definition) is 2. The second kappa shape index (κ2) is 6.84. The Balaban J connectivity index is 1.90. The number of rotatable bonds is 6. The lowest BCUT2D eigenvalue weighted by atomic mass is 10.2. The molecule has 0 saturated carbocycles. The van der Waals surface area contributed by atoms with Gasteiger partial charge in [-0.25, -0.2) is 13.1 Å². The van der Waals surface area contributed by atoms with E-state index in [2.05, 4.69) is 10.0 Å². The standard InChI is InChI=1S/C14H19N3O2S/c15-9-7-12-3-5-14(6-4-12)20(18,19)17-11-8-13-2-1-10-16-13/h3-6,13,16-17H,1-2,7-8,10-11H2/t13-/m1/s1. The SMILES string of the molecule is N#CCc1ccc(S(=O)(=O)NCC[C@H]2CCCN2)cc1. The van der Waals surface area contributed by atoms with Crippen molar-refractivity contribution >= 4 is 10.0 Å². The summed E-state index contributed by atoms with van der Waals surface area (Å²) in [6, 6.07) is 8.91. The fourth-order valence-corrected chi connectivity index (χ4v) is 3.38. The molecule has 5 nitrogen and oxygen atoms in total. The van der Waals surface area contributed by atoms with Crippen molar-refractivity contribution in [1.82, 2.24) is 10.0 Å². The van der Waals surface area contributed by atoms with Crippen LogP contribution in [0.2, 0.25) is 0 Å². The molecule has 1 aliphatic rings. The van der Waals surface area contributed by atoms with Crippen molar-refractivity contribution in [3.05, 3.63) is 29.8 Å². The maximum absolute atomic E-state index is 12.1. The molecule has 0 amide bonds. The topological polar surface area (TPSA) is 82.0 Å². The van der Waals surface area contributed by atoms with Gasteiger partial charge in [0.15, 0.2) is 0 Å². The van der Waals surface area contributed by atoms with Crippen molar-refractivity contribution in [2.24, 2.45) is 0 Å². The Morgan fingerprint density at radius 2 is 2.10 bits per heavy atom. The smallest absolute Gasteiger partial charge is 0.240 e. The first-order valence-electron chi connectivity index (χ1n) is 6.81. The van der Waals surface area contributed by atoms with E-state index in [9.17, 15) is 8.42 Å². The van der Waals surface area contributed by atoms with Crippen molar-refractivity contribution in [1.29, 1.82) is 5.26 Å². The monoisotopic (exact) mass is 293 g/mol. The van der Waals surface area contributed by atoms with Gasteiger partial charge in [0.05, 0.1) is 17.4 Å². The van der Waals surface area contributed by atoms with Gasteiger partial charge in [-0.2, -0.15) is 5.26 Å². The summed E-state index contributed by atoms with van der Waals surface area (Å²) in [7, 11) is -3.44. The Morgan fingerprint density at radius 3 is 2.70 bits per heavy atom. The number of benzene rings is 1. The van der Waals surface area contributed by atoms with Gasteiger partial charge in [-0.15, -0.1) is 0 Å². The summed E-state index contributed by atoms with van der Waals surface area (Å²) in [5, 5.41) is 11.9. The Kier molecular flexibility index (Phi) is 5.12. The number of nitrogens with zero attached hydrogens (tertiary/aromatic N) is 1. The van der Waals surface area contributed by atoms with Crippen LogP contribution in [0.1, 0.15) is 24.8 Å². The van der Waals surface area contributed by atoms with Crippen molar-refractivity contribution in [2.45, 2.75) is 36.6 Å². The molecule has 1 aromatic rings. The van der Waals surface area contributed by atoms with E-state index >= 15 is 0 Å². The quantitative estimate of drug-likeness (QED) is 0.825. The first-order valence-corrected chi connectivity index (χ1v) is 8.29. The molecule has 0 spiro atoms. The van der Waals surface area contributed by atoms with Gasteiger partial charge >= 0.3 is 0 Å². The minimum Gasteiger partial charge on any atom is -0.314 e. The molecular weight excluding hydrogens is 274 g/mol. The first-order chi connectivity index (χ1) is 9.62. The minimum absolute atomic E-state index is 0.249. The molecule has 1 fully saturated rings. The third-order valence-corrected chi connectivity index (χ3v) is 4.94. The van der Waals surface area contributed by atoms with Gasteiger partial charge in [-0.05, 0) is 43.5 Å². The molecule has 20 heavy (non-hydrogen) atoms. The number of sulfonamides is 1. The van der Waals surface area contributed by atoms with Crippen LogP contribution in [-0.4, -0.2) is 27.5 Å². The molecule has 0 radical (unpaired) electrons. The van der Waals surface area contributed by atoms with Crippen molar-refractivity contribution in [2.75, 3.05) is 13.1 Å². The van der Waals surface area contributed by atoms with Gasteiger partial charge in [-0.1, -0.05) is 12.1 Å². The van der Waals surface area contributed by atoms with Crippen LogP contribution >= 0.6 is 0 Å². The van der Waals surface area contributed by atoms with Crippen LogP contribution in [0.4, 0.5) is 0 Å². The molecule has 1 saturated heterocycles. The molecule has 0 aromatic heterocycles. The normalized spacial score (nSPS) is 18.9. The van der Waals surface area contributed by atoms with E-state index in [1.54, 1.807) is 24.3 Å². The summed E-state index contributed by atoms with van der Waals surface area (Å²) in [5.41, 5.74) is 0.821. The maximum atomic E-state index is 12.1. The second-order valence-electron chi connectivity index (χ2n) is 4.96. The molecule has 1 aromatic carbocycles. The molecular formula is C14H19N3O2S. The summed E-state index contributed by atoms with van der Waals surface area (Å²) in [6.45, 7) is 1.47. The van der Waals surface area contributed by atoms with E-state index in [1.165, 1.54) is 0 Å². The second-order valence-corrected chi connectivity index (χ2v) is 6.73. The summed E-state index contributed by atoms with van der Waals surface area (Å²) >= 11 is 0. The van der Waals surface area contributed by atoms with Gasteiger partial charge in [0, 0.05) is 12.6 Å². The van der Waals surface area contributed by atoms with Gasteiger partial charge < -0.3 is 5.32 Å². The van der Waals surface area contributed by atoms with E-state index in [1.807, 2.05) is 6.07 Å². The molecule has 1 atom stereocenters. The van der Waals surface area contributed by atoms with E-state index in [-0.39, 0.29) is 4.90 Å². The lowest BCUT2D eigenvalue weighted by molar-refractivity contribution is 0.539. The van der Waals surface area contributed by atoms with Crippen LogP contribution in [-0.2, 0) is 16.4 Å². The maximum Gasteiger partial charge on any atom is 0.240 e. The zero-order valence-corrected chi connectivity index (χ0v) is 12.1. The molecule has 0 aliphatic carbocycles. The predicted octanol–water partition coefficient (Wildman–Crippen LogP) is 1.17. The minimum atomic E-state index is -3.44. The highest BCUT2D eigenvalue weighted by Gasteiger charge is 2.17. The Hall–Kier alpha value is -1.42. The van der Waals surface area contributed by atoms with Crippen LogP contribution < -0.4 is 10.0 Å². The third kappa shape index (κ3) is 4.04. The summed E-state index contributed by atoms with van der Waals surface area (Å²) in [6.07, 6.45) is 3.38. The van der Waals surface area contributed by atoms with E-state index < -0.39 is 10.0 Å². The highest BCUT2D eigenvalue weighted by atomic mass is 32.2. The summed E-state index contributed by atoms with van der Waals surface area (Å²) in [4.78, 5) is 0.249. The predicted molar refractivity (Wildman–Crippen MR) is 76.6 cm³/mol. The van der Waals surface area contributed by atoms with E-state index in [0.29, 0.717) is 19.0 Å². The van der Waals surface area contributed by atoms with Crippen LogP contribution in [0, 0.1) is 11.3 Å². The molecule has 1 heterocycles. The molecule has 1 aliphatic heterocycles. The van der Waals surface area contributed by atoms with E-state index in [0.717, 1.165) is 31.4 Å². The number of nitriles is 1. The Labute approximate surface area is 120 Å². The van der Waals surface area contributed by atoms with Crippen LogP contribution in [0.5, 0.6) is 0 Å². The zero-order valence-electron chi connectivity index (χ0n) is 11.3. The van der Waals surface area contributed by atoms with Crippen LogP contribution in [0.15, 0.2) is 29.2 Å². The zero-order chi connectivity index (χ0) is 14.4. The summed E-state index contributed by atoms with van der Waals surface area (Å²) in [5.74, 6) is 0. The van der Waals surface area contributed by atoms with Gasteiger partial charge in [-0.3, -0.25) is 0 Å². The first kappa shape index (κ1) is 15.0. The molecule has 2 N–H and O–H groups in total. The fourth-order valence-electron chi connectivity index (χ4n) is 2.33. The summed E-state index contributed by atoms with van der Waals surface area (Å²) < 4.78 is 26.8. The lowest BCUT2D eigenvalue weighted by Gasteiger charge is -2.11. The van der Waals surface area contributed by atoms with Crippen molar-refractivity contribution in [3.63, 3.8) is 0 Å². The third-order valence-electron chi connectivity index (χ3n) is 3.46. The Bertz CT molecular complexity index is 569. The lowest BCUT2D eigenvalue weighted by Crippen LogP contribution is -2.30. The molecule has 0 unspecified atom stereocenters. The Morgan fingerprint density at radius 1 is 1.35 bits per heavy atom. The fraction of sp³-hybridized carbons (Fsp3) is 0.500. The van der Waals surface area contributed by atoms with Crippen molar-refractivity contribution in [3.8, 4) is 6.07 Å². The van der Waals surface area contributed by atoms with Gasteiger partial charge in [0.2, 0.25) is 10.0 Å². The van der Waals surface area contributed by atoms with Gasteiger partial charge in [0.1, 0.15) is 0 Å². The largest absolute Gasteiger partial charge is 0.314 e. The molecule has 0 bridgehead atoms. The van der Waals surface area contributed by atoms with Gasteiger partial charge in [0.25, 0.3) is 0 Å². The molecule has 2 rings (SSSR count). The molecule has 108 valence electrons. The number of nitrogens with one attached hydrogen (secondary N) is 2.